The van der Waals surface area contributed by atoms with Crippen LogP contribution in [0.2, 0.25) is 0 Å². The maximum absolute atomic E-state index is 12.3. The molecule has 7 nitrogen and oxygen atoms in total. The summed E-state index contributed by atoms with van der Waals surface area (Å²) in [5.41, 5.74) is 0.834. The molecule has 0 aliphatic carbocycles. The van der Waals surface area contributed by atoms with E-state index in [-0.39, 0.29) is 12.5 Å². The third kappa shape index (κ3) is 5.96. The predicted octanol–water partition coefficient (Wildman–Crippen LogP) is 1.88. The van der Waals surface area contributed by atoms with Crippen LogP contribution in [0.15, 0.2) is 36.4 Å². The summed E-state index contributed by atoms with van der Waals surface area (Å²) in [6, 6.07) is 9.93. The molecule has 0 atom stereocenters. The van der Waals surface area contributed by atoms with E-state index in [2.05, 4.69) is 14.8 Å². The number of methoxy groups -OCH3 is 1. The molecule has 0 bridgehead atoms. The smallest absolute Gasteiger partial charge is 0.337 e. The van der Waals surface area contributed by atoms with Crippen LogP contribution in [0.5, 0.6) is 0 Å². The molecule has 134 valence electrons. The zero-order valence-corrected chi connectivity index (χ0v) is 15.4. The lowest BCUT2D eigenvalue weighted by molar-refractivity contribution is 0.0600. The van der Waals surface area contributed by atoms with Crippen molar-refractivity contribution in [1.82, 2.24) is 4.72 Å². The molecule has 0 saturated carbocycles. The van der Waals surface area contributed by atoms with Crippen molar-refractivity contribution in [2.24, 2.45) is 0 Å². The van der Waals surface area contributed by atoms with Crippen molar-refractivity contribution in [3.8, 4) is 0 Å². The van der Waals surface area contributed by atoms with Crippen LogP contribution >= 0.6 is 11.3 Å². The molecule has 0 fully saturated rings. The highest BCUT2D eigenvalue weighted by atomic mass is 32.2. The van der Waals surface area contributed by atoms with Crippen LogP contribution in [-0.2, 0) is 21.2 Å². The van der Waals surface area contributed by atoms with E-state index in [1.165, 1.54) is 24.5 Å². The van der Waals surface area contributed by atoms with Gasteiger partial charge in [0.2, 0.25) is 10.0 Å². The molecule has 0 radical (unpaired) electrons. The topological polar surface area (TPSA) is 102 Å². The van der Waals surface area contributed by atoms with Gasteiger partial charge in [-0.05, 0) is 36.8 Å². The third-order valence-electron chi connectivity index (χ3n) is 3.16. The fraction of sp³-hybridized carbons (Fsp3) is 0.250. The lowest BCUT2D eigenvalue weighted by Gasteiger charge is -2.05. The van der Waals surface area contributed by atoms with Gasteiger partial charge in [-0.1, -0.05) is 6.07 Å². The molecule has 1 aromatic carbocycles. The van der Waals surface area contributed by atoms with Crippen LogP contribution in [0, 0.1) is 0 Å². The van der Waals surface area contributed by atoms with Gasteiger partial charge >= 0.3 is 5.97 Å². The number of amides is 1. The van der Waals surface area contributed by atoms with Crippen molar-refractivity contribution in [1.29, 1.82) is 0 Å². The van der Waals surface area contributed by atoms with Gasteiger partial charge in [-0.15, -0.1) is 11.3 Å². The molecule has 2 N–H and O–H groups in total. The summed E-state index contributed by atoms with van der Waals surface area (Å²) in [4.78, 5) is 25.2. The van der Waals surface area contributed by atoms with Gasteiger partial charge in [-0.2, -0.15) is 0 Å². The van der Waals surface area contributed by atoms with E-state index in [1.54, 1.807) is 30.3 Å². The summed E-state index contributed by atoms with van der Waals surface area (Å²) in [6.45, 7) is 0.279. The van der Waals surface area contributed by atoms with Gasteiger partial charge < -0.3 is 10.1 Å². The molecule has 0 unspecified atom stereocenters. The Hall–Kier alpha value is -2.23. The van der Waals surface area contributed by atoms with Crippen LogP contribution in [-0.4, -0.2) is 40.2 Å². The number of nitrogens with one attached hydrogen (secondary N) is 2. The maximum Gasteiger partial charge on any atom is 0.337 e. The number of thiophene rings is 1. The number of benzene rings is 1. The molecule has 9 heteroatoms. The van der Waals surface area contributed by atoms with Gasteiger partial charge in [0.25, 0.3) is 5.91 Å². The summed E-state index contributed by atoms with van der Waals surface area (Å²) >= 11 is 1.29. The van der Waals surface area contributed by atoms with Crippen molar-refractivity contribution in [2.75, 3.05) is 25.2 Å². The molecular formula is C16H18N2O5S2. The fourth-order valence-electron chi connectivity index (χ4n) is 2.03. The number of esters is 1. The second-order valence-electron chi connectivity index (χ2n) is 5.21. The highest BCUT2D eigenvalue weighted by Crippen LogP contribution is 2.19. The van der Waals surface area contributed by atoms with Crippen molar-refractivity contribution < 1.29 is 22.7 Å². The Kier molecular flexibility index (Phi) is 6.29. The van der Waals surface area contributed by atoms with E-state index in [1.807, 2.05) is 0 Å². The largest absolute Gasteiger partial charge is 0.465 e. The second kappa shape index (κ2) is 8.24. The molecule has 25 heavy (non-hydrogen) atoms. The van der Waals surface area contributed by atoms with Gasteiger partial charge in [0.1, 0.15) is 0 Å². The molecule has 0 aliphatic heterocycles. The van der Waals surface area contributed by atoms with Gasteiger partial charge in [-0.3, -0.25) is 4.79 Å². The minimum absolute atomic E-state index is 0.279. The third-order valence-corrected chi connectivity index (χ3v) is 5.03. The molecule has 1 amide bonds. The molecule has 0 saturated heterocycles. The Morgan fingerprint density at radius 3 is 2.64 bits per heavy atom. The average Bonchev–Trinajstić information content (AvgIpc) is 3.02. The van der Waals surface area contributed by atoms with E-state index in [0.717, 1.165) is 11.1 Å². The van der Waals surface area contributed by atoms with Gasteiger partial charge in [0, 0.05) is 17.1 Å². The number of rotatable bonds is 7. The number of carbonyl (C=O) groups is 2. The molecule has 2 rings (SSSR count). The Bertz CT molecular complexity index is 874. The Balaban J connectivity index is 1.99. The first kappa shape index (κ1) is 19.1. The first-order chi connectivity index (χ1) is 11.8. The molecule has 0 aliphatic rings. The number of carbonyl (C=O) groups excluding carboxylic acids is 2. The second-order valence-corrected chi connectivity index (χ2v) is 8.21. The minimum Gasteiger partial charge on any atom is -0.465 e. The van der Waals surface area contributed by atoms with Crippen LogP contribution in [0.25, 0.3) is 0 Å². The lowest BCUT2D eigenvalue weighted by atomic mass is 10.2. The molecular weight excluding hydrogens is 364 g/mol. The standard InChI is InChI=1S/C16H18N2O5S2/c1-23-16(20)11-4-3-5-12(10-11)18-15(19)14-7-6-13(24-14)8-9-17-25(2,21)22/h3-7,10,17H,8-9H2,1-2H3,(H,18,19). The molecule has 0 spiro atoms. The van der Waals surface area contributed by atoms with Gasteiger partial charge in [-0.25, -0.2) is 17.9 Å². The van der Waals surface area contributed by atoms with Crippen molar-refractivity contribution in [2.45, 2.75) is 6.42 Å². The SMILES string of the molecule is COC(=O)c1cccc(NC(=O)c2ccc(CCNS(C)(=O)=O)s2)c1. The summed E-state index contributed by atoms with van der Waals surface area (Å²) in [5, 5.41) is 2.72. The van der Waals surface area contributed by atoms with E-state index in [4.69, 9.17) is 0 Å². The first-order valence-corrected chi connectivity index (χ1v) is 10.0. The lowest BCUT2D eigenvalue weighted by Crippen LogP contribution is -2.24. The Morgan fingerprint density at radius 2 is 1.96 bits per heavy atom. The van der Waals surface area contributed by atoms with Crippen molar-refractivity contribution >= 4 is 38.9 Å². The number of sulfonamides is 1. The van der Waals surface area contributed by atoms with Crippen LogP contribution < -0.4 is 10.0 Å². The molecule has 1 heterocycles. The van der Waals surface area contributed by atoms with Crippen LogP contribution in [0.3, 0.4) is 0 Å². The monoisotopic (exact) mass is 382 g/mol. The Labute approximate surface area is 150 Å². The van der Waals surface area contributed by atoms with E-state index in [9.17, 15) is 18.0 Å². The molecule has 1 aromatic heterocycles. The Morgan fingerprint density at radius 1 is 1.20 bits per heavy atom. The van der Waals surface area contributed by atoms with Crippen LogP contribution in [0.1, 0.15) is 24.9 Å². The highest BCUT2D eigenvalue weighted by Gasteiger charge is 2.12. The number of anilines is 1. The number of ether oxygens (including phenoxy) is 1. The van der Waals surface area contributed by atoms with E-state index >= 15 is 0 Å². The average molecular weight is 382 g/mol. The quantitative estimate of drug-likeness (QED) is 0.712. The zero-order chi connectivity index (χ0) is 18.4. The number of hydrogen-bond acceptors (Lipinski definition) is 6. The van der Waals surface area contributed by atoms with Gasteiger partial charge in [0.05, 0.1) is 23.8 Å². The zero-order valence-electron chi connectivity index (χ0n) is 13.7. The van der Waals surface area contributed by atoms with Gasteiger partial charge in [0.15, 0.2) is 0 Å². The summed E-state index contributed by atoms with van der Waals surface area (Å²) in [6.07, 6.45) is 1.60. The summed E-state index contributed by atoms with van der Waals surface area (Å²) in [7, 11) is -1.93. The minimum atomic E-state index is -3.22. The maximum atomic E-state index is 12.3. The normalized spacial score (nSPS) is 11.1. The van der Waals surface area contributed by atoms with E-state index < -0.39 is 16.0 Å². The van der Waals surface area contributed by atoms with Crippen molar-refractivity contribution in [3.05, 3.63) is 51.7 Å². The highest BCUT2D eigenvalue weighted by molar-refractivity contribution is 7.88. The van der Waals surface area contributed by atoms with E-state index in [0.29, 0.717) is 22.5 Å². The number of hydrogen-bond donors (Lipinski definition) is 2. The molecule has 2 aromatic rings. The summed E-state index contributed by atoms with van der Waals surface area (Å²) in [5.74, 6) is -0.776. The first-order valence-electron chi connectivity index (χ1n) is 7.31. The summed E-state index contributed by atoms with van der Waals surface area (Å²) < 4.78 is 29.1. The van der Waals surface area contributed by atoms with Crippen LogP contribution in [0.4, 0.5) is 5.69 Å². The fourth-order valence-corrected chi connectivity index (χ4v) is 3.40. The predicted molar refractivity (Wildman–Crippen MR) is 96.6 cm³/mol. The van der Waals surface area contributed by atoms with Crippen molar-refractivity contribution in [3.63, 3.8) is 0 Å².